The SMILES string of the molecule is c1ccc(-c2ccc(-n3c4ccccc4c4cc(-c5ccc6c7ccccc7n(-c7ccc8c(c7)sc7ccccc78)c6c5)ccc43)cc2)cc1. The average molecular weight is 667 g/mol. The first-order valence-electron chi connectivity index (χ1n) is 17.4. The fourth-order valence-electron chi connectivity index (χ4n) is 8.15. The first-order chi connectivity index (χ1) is 25.3. The minimum absolute atomic E-state index is 1.16. The maximum Gasteiger partial charge on any atom is 0.0547 e. The van der Waals surface area contributed by atoms with E-state index in [0.717, 1.165) is 5.69 Å². The summed E-state index contributed by atoms with van der Waals surface area (Å²) >= 11 is 1.87. The van der Waals surface area contributed by atoms with Gasteiger partial charge in [-0.3, -0.25) is 0 Å². The lowest BCUT2D eigenvalue weighted by Gasteiger charge is -2.11. The van der Waals surface area contributed by atoms with Gasteiger partial charge in [0.15, 0.2) is 0 Å². The van der Waals surface area contributed by atoms with Crippen molar-refractivity contribution in [1.82, 2.24) is 9.13 Å². The van der Waals surface area contributed by atoms with Crippen LogP contribution in [0.4, 0.5) is 0 Å². The topological polar surface area (TPSA) is 9.86 Å². The van der Waals surface area contributed by atoms with Gasteiger partial charge in [-0.1, -0.05) is 121 Å². The van der Waals surface area contributed by atoms with Gasteiger partial charge in [0.25, 0.3) is 0 Å². The number of rotatable bonds is 4. The molecule has 0 amide bonds. The fourth-order valence-corrected chi connectivity index (χ4v) is 9.29. The van der Waals surface area contributed by atoms with Gasteiger partial charge in [-0.05, 0) is 82.9 Å². The summed E-state index contributed by atoms with van der Waals surface area (Å²) < 4.78 is 7.48. The van der Waals surface area contributed by atoms with E-state index < -0.39 is 0 Å². The fraction of sp³-hybridized carbons (Fsp3) is 0. The Morgan fingerprint density at radius 2 is 0.784 bits per heavy atom. The first kappa shape index (κ1) is 28.4. The van der Waals surface area contributed by atoms with Crippen molar-refractivity contribution in [3.05, 3.63) is 182 Å². The molecule has 0 fully saturated rings. The Morgan fingerprint density at radius 1 is 0.275 bits per heavy atom. The minimum atomic E-state index is 1.16. The Balaban J connectivity index is 1.07. The highest BCUT2D eigenvalue weighted by Gasteiger charge is 2.17. The molecule has 3 aromatic heterocycles. The number of thiophene rings is 1. The highest BCUT2D eigenvalue weighted by molar-refractivity contribution is 7.25. The molecule has 51 heavy (non-hydrogen) atoms. The van der Waals surface area contributed by atoms with E-state index in [2.05, 4.69) is 191 Å². The molecule has 0 saturated carbocycles. The summed E-state index contributed by atoms with van der Waals surface area (Å²) in [6.07, 6.45) is 0. The summed E-state index contributed by atoms with van der Waals surface area (Å²) in [6.45, 7) is 0. The molecule has 2 nitrogen and oxygen atoms in total. The van der Waals surface area contributed by atoms with Crippen LogP contribution in [0.3, 0.4) is 0 Å². The molecule has 3 heteroatoms. The predicted molar refractivity (Wildman–Crippen MR) is 219 cm³/mol. The summed E-state index contributed by atoms with van der Waals surface area (Å²) in [6, 6.07) is 66.7. The molecule has 3 heterocycles. The molecule has 0 aliphatic rings. The molecule has 0 unspecified atom stereocenters. The Morgan fingerprint density at radius 3 is 1.59 bits per heavy atom. The van der Waals surface area contributed by atoms with Gasteiger partial charge < -0.3 is 9.13 Å². The lowest BCUT2D eigenvalue weighted by atomic mass is 10.0. The second-order valence-electron chi connectivity index (χ2n) is 13.4. The lowest BCUT2D eigenvalue weighted by molar-refractivity contribution is 1.18. The zero-order chi connectivity index (χ0) is 33.5. The number of hydrogen-bond donors (Lipinski definition) is 0. The molecular formula is C48H30N2S. The normalized spacial score (nSPS) is 11.9. The van der Waals surface area contributed by atoms with Crippen LogP contribution in [0.2, 0.25) is 0 Å². The van der Waals surface area contributed by atoms with Crippen LogP contribution in [0.25, 0.3) is 97.4 Å². The predicted octanol–water partition coefficient (Wildman–Crippen LogP) is 13.6. The van der Waals surface area contributed by atoms with Gasteiger partial charge in [-0.2, -0.15) is 0 Å². The van der Waals surface area contributed by atoms with Crippen molar-refractivity contribution in [3.8, 4) is 33.6 Å². The third-order valence-electron chi connectivity index (χ3n) is 10.5. The molecule has 0 N–H and O–H groups in total. The van der Waals surface area contributed by atoms with Crippen LogP contribution in [0.5, 0.6) is 0 Å². The summed E-state index contributed by atoms with van der Waals surface area (Å²) in [5, 5.41) is 7.70. The van der Waals surface area contributed by atoms with Crippen molar-refractivity contribution >= 4 is 75.1 Å². The smallest absolute Gasteiger partial charge is 0.0547 e. The van der Waals surface area contributed by atoms with Gasteiger partial charge in [-0.25, -0.2) is 0 Å². The molecule has 11 rings (SSSR count). The van der Waals surface area contributed by atoms with Gasteiger partial charge in [0.2, 0.25) is 0 Å². The van der Waals surface area contributed by atoms with Gasteiger partial charge in [0.1, 0.15) is 0 Å². The summed E-state index contributed by atoms with van der Waals surface area (Å²) in [4.78, 5) is 0. The van der Waals surface area contributed by atoms with E-state index in [-0.39, 0.29) is 0 Å². The van der Waals surface area contributed by atoms with E-state index in [1.165, 1.54) is 91.7 Å². The Bertz CT molecular complexity index is 3120. The number of hydrogen-bond acceptors (Lipinski definition) is 1. The maximum absolute atomic E-state index is 2.45. The maximum atomic E-state index is 2.45. The quantitative estimate of drug-likeness (QED) is 0.177. The van der Waals surface area contributed by atoms with Crippen LogP contribution in [-0.4, -0.2) is 9.13 Å². The number of para-hydroxylation sites is 2. The molecule has 0 bridgehead atoms. The van der Waals surface area contributed by atoms with Crippen LogP contribution in [0.1, 0.15) is 0 Å². The molecule has 238 valence electrons. The van der Waals surface area contributed by atoms with Crippen molar-refractivity contribution in [2.24, 2.45) is 0 Å². The Hall–Kier alpha value is -6.42. The lowest BCUT2D eigenvalue weighted by Crippen LogP contribution is -1.94. The molecule has 0 spiro atoms. The van der Waals surface area contributed by atoms with Gasteiger partial charge in [0, 0.05) is 53.1 Å². The number of benzene rings is 8. The van der Waals surface area contributed by atoms with Crippen LogP contribution in [-0.2, 0) is 0 Å². The standard InChI is InChI=1S/C48H30N2S/c1-2-10-31(11-3-1)32-18-22-35(23-19-32)49-44-16-8-5-13-38(44)42-28-33(21-27-45(42)49)34-20-25-39-37-12-4-7-15-43(37)50(46(39)29-34)36-24-26-41-40-14-6-9-17-47(40)51-48(41)30-36/h1-30H. The van der Waals surface area contributed by atoms with Gasteiger partial charge in [-0.15, -0.1) is 11.3 Å². The molecule has 0 aliphatic heterocycles. The second kappa shape index (κ2) is 11.0. The van der Waals surface area contributed by atoms with E-state index in [1.54, 1.807) is 0 Å². The Kier molecular flexibility index (Phi) is 6.16. The van der Waals surface area contributed by atoms with Crippen LogP contribution in [0.15, 0.2) is 182 Å². The van der Waals surface area contributed by atoms with Crippen LogP contribution < -0.4 is 0 Å². The van der Waals surface area contributed by atoms with E-state index in [9.17, 15) is 0 Å². The zero-order valence-corrected chi connectivity index (χ0v) is 28.4. The van der Waals surface area contributed by atoms with E-state index in [0.29, 0.717) is 0 Å². The van der Waals surface area contributed by atoms with E-state index in [1.807, 2.05) is 11.3 Å². The molecule has 0 aliphatic carbocycles. The number of fused-ring (bicyclic) bond motifs is 9. The molecule has 0 saturated heterocycles. The van der Waals surface area contributed by atoms with Crippen molar-refractivity contribution in [2.75, 3.05) is 0 Å². The van der Waals surface area contributed by atoms with Crippen LogP contribution in [0, 0.1) is 0 Å². The molecule has 0 radical (unpaired) electrons. The van der Waals surface area contributed by atoms with E-state index in [4.69, 9.17) is 0 Å². The molecular weight excluding hydrogens is 637 g/mol. The minimum Gasteiger partial charge on any atom is -0.309 e. The largest absolute Gasteiger partial charge is 0.309 e. The summed E-state index contributed by atoms with van der Waals surface area (Å²) in [5.74, 6) is 0. The van der Waals surface area contributed by atoms with Crippen LogP contribution >= 0.6 is 11.3 Å². The summed E-state index contributed by atoms with van der Waals surface area (Å²) in [7, 11) is 0. The van der Waals surface area contributed by atoms with Crippen molar-refractivity contribution in [3.63, 3.8) is 0 Å². The first-order valence-corrected chi connectivity index (χ1v) is 18.2. The monoisotopic (exact) mass is 666 g/mol. The Labute approximate surface area is 298 Å². The third-order valence-corrected chi connectivity index (χ3v) is 11.7. The number of aromatic nitrogens is 2. The zero-order valence-electron chi connectivity index (χ0n) is 27.6. The van der Waals surface area contributed by atoms with Gasteiger partial charge >= 0.3 is 0 Å². The van der Waals surface area contributed by atoms with Crippen molar-refractivity contribution in [2.45, 2.75) is 0 Å². The highest BCUT2D eigenvalue weighted by Crippen LogP contribution is 2.40. The number of nitrogens with zero attached hydrogens (tertiary/aromatic N) is 2. The average Bonchev–Trinajstić information content (AvgIpc) is 3.85. The molecule has 11 aromatic rings. The second-order valence-corrected chi connectivity index (χ2v) is 14.4. The van der Waals surface area contributed by atoms with E-state index >= 15 is 0 Å². The highest BCUT2D eigenvalue weighted by atomic mass is 32.1. The summed E-state index contributed by atoms with van der Waals surface area (Å²) in [5.41, 5.74) is 12.1. The van der Waals surface area contributed by atoms with Crippen molar-refractivity contribution < 1.29 is 0 Å². The van der Waals surface area contributed by atoms with Crippen molar-refractivity contribution in [1.29, 1.82) is 0 Å². The third kappa shape index (κ3) is 4.35. The molecule has 0 atom stereocenters. The molecule has 8 aromatic carbocycles. The van der Waals surface area contributed by atoms with Gasteiger partial charge in [0.05, 0.1) is 22.1 Å².